The topological polar surface area (TPSA) is 36.7 Å². The summed E-state index contributed by atoms with van der Waals surface area (Å²) in [5, 5.41) is 0. The van der Waals surface area contributed by atoms with Crippen molar-refractivity contribution in [2.45, 2.75) is 0 Å². The van der Waals surface area contributed by atoms with E-state index in [-0.39, 0.29) is 11.7 Å². The minimum absolute atomic E-state index is 0.0449. The number of rotatable bonds is 4. The second kappa shape index (κ2) is 8.13. The molecule has 0 aliphatic carbocycles. The summed E-state index contributed by atoms with van der Waals surface area (Å²) in [5.41, 5.74) is 1.59. The number of benzene rings is 2. The first-order valence-electron chi connectivity index (χ1n) is 9.32. The molecule has 0 bridgehead atoms. The Morgan fingerprint density at radius 2 is 1.61 bits per heavy atom. The smallest absolute Gasteiger partial charge is 0.246 e. The van der Waals surface area contributed by atoms with E-state index in [0.29, 0.717) is 30.2 Å². The van der Waals surface area contributed by atoms with Gasteiger partial charge in [-0.15, -0.1) is 0 Å². The van der Waals surface area contributed by atoms with Gasteiger partial charge in [0.05, 0.1) is 5.56 Å². The fourth-order valence-corrected chi connectivity index (χ4v) is 3.33. The lowest BCUT2D eigenvalue weighted by Crippen LogP contribution is -2.48. The standard InChI is InChI=1S/C23H21FN2O2/c24-21-9-5-4-8-20(21)22-12-10-19(28-22)11-13-23(27)26-16-14-25(15-17-26)18-6-2-1-3-7-18/h1-13H,14-17H2/b13-11+. The maximum atomic E-state index is 13.9. The van der Waals surface area contributed by atoms with Crippen molar-refractivity contribution in [2.75, 3.05) is 31.1 Å². The second-order valence-electron chi connectivity index (χ2n) is 6.66. The molecule has 1 aromatic heterocycles. The molecule has 2 heterocycles. The maximum absolute atomic E-state index is 13.9. The van der Waals surface area contributed by atoms with Crippen LogP contribution in [0.15, 0.2) is 77.2 Å². The van der Waals surface area contributed by atoms with Crippen molar-refractivity contribution in [3.63, 3.8) is 0 Å². The molecule has 1 aliphatic heterocycles. The Morgan fingerprint density at radius 3 is 2.36 bits per heavy atom. The van der Waals surface area contributed by atoms with Crippen LogP contribution < -0.4 is 4.90 Å². The van der Waals surface area contributed by atoms with Gasteiger partial charge in [0.2, 0.25) is 5.91 Å². The molecule has 0 radical (unpaired) electrons. The molecule has 1 aliphatic rings. The van der Waals surface area contributed by atoms with Crippen molar-refractivity contribution in [3.05, 3.63) is 84.4 Å². The van der Waals surface area contributed by atoms with Crippen molar-refractivity contribution >= 4 is 17.7 Å². The third kappa shape index (κ3) is 3.98. The summed E-state index contributed by atoms with van der Waals surface area (Å²) in [6.07, 6.45) is 3.15. The molecule has 0 N–H and O–H groups in total. The van der Waals surface area contributed by atoms with Crippen LogP contribution >= 0.6 is 0 Å². The highest BCUT2D eigenvalue weighted by Crippen LogP contribution is 2.25. The van der Waals surface area contributed by atoms with Crippen LogP contribution in [0.2, 0.25) is 0 Å². The number of hydrogen-bond acceptors (Lipinski definition) is 3. The van der Waals surface area contributed by atoms with Gasteiger partial charge in [0, 0.05) is 37.9 Å². The van der Waals surface area contributed by atoms with Crippen molar-refractivity contribution < 1.29 is 13.6 Å². The predicted molar refractivity (Wildman–Crippen MR) is 108 cm³/mol. The lowest BCUT2D eigenvalue weighted by atomic mass is 10.1. The number of nitrogens with zero attached hydrogens (tertiary/aromatic N) is 2. The Bertz CT molecular complexity index is 973. The summed E-state index contributed by atoms with van der Waals surface area (Å²) >= 11 is 0. The molecule has 0 saturated carbocycles. The summed E-state index contributed by atoms with van der Waals surface area (Å²) < 4.78 is 19.5. The predicted octanol–water partition coefficient (Wildman–Crippen LogP) is 4.45. The number of hydrogen-bond donors (Lipinski definition) is 0. The first kappa shape index (κ1) is 18.0. The molecule has 1 amide bonds. The summed E-state index contributed by atoms with van der Waals surface area (Å²) in [6, 6.07) is 20.1. The highest BCUT2D eigenvalue weighted by Gasteiger charge is 2.19. The van der Waals surface area contributed by atoms with Gasteiger partial charge in [0.15, 0.2) is 0 Å². The van der Waals surface area contributed by atoms with E-state index in [1.54, 1.807) is 36.4 Å². The lowest BCUT2D eigenvalue weighted by Gasteiger charge is -2.35. The van der Waals surface area contributed by atoms with E-state index in [4.69, 9.17) is 4.42 Å². The zero-order valence-corrected chi connectivity index (χ0v) is 15.4. The van der Waals surface area contributed by atoms with Crippen LogP contribution in [0, 0.1) is 5.82 Å². The summed E-state index contributed by atoms with van der Waals surface area (Å²) in [4.78, 5) is 16.6. The van der Waals surface area contributed by atoms with Gasteiger partial charge < -0.3 is 14.2 Å². The van der Waals surface area contributed by atoms with E-state index >= 15 is 0 Å². The number of halogens is 1. The van der Waals surface area contributed by atoms with Crippen LogP contribution in [0.4, 0.5) is 10.1 Å². The number of amides is 1. The normalized spacial score (nSPS) is 14.6. The van der Waals surface area contributed by atoms with Crippen LogP contribution in [-0.4, -0.2) is 37.0 Å². The molecule has 0 spiro atoms. The Kier molecular flexibility index (Phi) is 5.24. The van der Waals surface area contributed by atoms with Gasteiger partial charge in [-0.05, 0) is 42.5 Å². The van der Waals surface area contributed by atoms with Crippen LogP contribution in [0.25, 0.3) is 17.4 Å². The molecular formula is C23H21FN2O2. The van der Waals surface area contributed by atoms with Gasteiger partial charge in [-0.1, -0.05) is 30.3 Å². The molecule has 0 unspecified atom stereocenters. The molecule has 4 rings (SSSR count). The number of carbonyl (C=O) groups is 1. The molecule has 5 heteroatoms. The molecule has 1 saturated heterocycles. The minimum atomic E-state index is -0.334. The van der Waals surface area contributed by atoms with Gasteiger partial charge in [-0.2, -0.15) is 0 Å². The van der Waals surface area contributed by atoms with Crippen molar-refractivity contribution in [2.24, 2.45) is 0 Å². The van der Waals surface area contributed by atoms with E-state index in [0.717, 1.165) is 13.1 Å². The average Bonchev–Trinajstić information content (AvgIpc) is 3.22. The van der Waals surface area contributed by atoms with Crippen LogP contribution in [0.5, 0.6) is 0 Å². The number of piperazine rings is 1. The van der Waals surface area contributed by atoms with E-state index in [1.165, 1.54) is 17.8 Å². The first-order chi connectivity index (χ1) is 13.7. The zero-order chi connectivity index (χ0) is 19.3. The number of anilines is 1. The van der Waals surface area contributed by atoms with Crippen LogP contribution in [-0.2, 0) is 4.79 Å². The highest BCUT2D eigenvalue weighted by molar-refractivity contribution is 5.91. The molecule has 28 heavy (non-hydrogen) atoms. The Balaban J connectivity index is 1.36. The lowest BCUT2D eigenvalue weighted by molar-refractivity contribution is -0.126. The molecular weight excluding hydrogens is 355 g/mol. The molecule has 142 valence electrons. The van der Waals surface area contributed by atoms with Crippen LogP contribution in [0.3, 0.4) is 0 Å². The first-order valence-corrected chi connectivity index (χ1v) is 9.32. The van der Waals surface area contributed by atoms with E-state index in [9.17, 15) is 9.18 Å². The third-order valence-electron chi connectivity index (χ3n) is 4.87. The summed E-state index contributed by atoms with van der Waals surface area (Å²) in [6.45, 7) is 2.97. The number of para-hydroxylation sites is 1. The fraction of sp³-hybridized carbons (Fsp3) is 0.174. The van der Waals surface area contributed by atoms with Crippen LogP contribution in [0.1, 0.15) is 5.76 Å². The van der Waals surface area contributed by atoms with E-state index in [1.807, 2.05) is 23.1 Å². The zero-order valence-electron chi connectivity index (χ0n) is 15.4. The highest BCUT2D eigenvalue weighted by atomic mass is 19.1. The molecule has 2 aromatic carbocycles. The second-order valence-corrected chi connectivity index (χ2v) is 6.66. The van der Waals surface area contributed by atoms with E-state index < -0.39 is 0 Å². The molecule has 3 aromatic rings. The largest absolute Gasteiger partial charge is 0.457 e. The third-order valence-corrected chi connectivity index (χ3v) is 4.87. The molecule has 0 atom stereocenters. The maximum Gasteiger partial charge on any atom is 0.246 e. The Hall–Kier alpha value is -3.34. The van der Waals surface area contributed by atoms with Crippen molar-refractivity contribution in [3.8, 4) is 11.3 Å². The van der Waals surface area contributed by atoms with Gasteiger partial charge in [-0.3, -0.25) is 4.79 Å². The summed E-state index contributed by atoms with van der Waals surface area (Å²) in [5.74, 6) is 0.590. The van der Waals surface area contributed by atoms with Gasteiger partial charge in [0.1, 0.15) is 17.3 Å². The average molecular weight is 376 g/mol. The summed E-state index contributed by atoms with van der Waals surface area (Å²) in [7, 11) is 0. The van der Waals surface area contributed by atoms with Crippen molar-refractivity contribution in [1.82, 2.24) is 4.90 Å². The molecule has 1 fully saturated rings. The monoisotopic (exact) mass is 376 g/mol. The van der Waals surface area contributed by atoms with Gasteiger partial charge in [0.25, 0.3) is 0 Å². The van der Waals surface area contributed by atoms with Gasteiger partial charge >= 0.3 is 0 Å². The number of furan rings is 1. The Morgan fingerprint density at radius 1 is 0.893 bits per heavy atom. The Labute approximate surface area is 163 Å². The molecule has 4 nitrogen and oxygen atoms in total. The van der Waals surface area contributed by atoms with Gasteiger partial charge in [-0.25, -0.2) is 4.39 Å². The fourth-order valence-electron chi connectivity index (χ4n) is 3.33. The number of carbonyl (C=O) groups excluding carboxylic acids is 1. The SMILES string of the molecule is O=C(/C=C/c1ccc(-c2ccccc2F)o1)N1CCN(c2ccccc2)CC1. The van der Waals surface area contributed by atoms with E-state index in [2.05, 4.69) is 17.0 Å². The minimum Gasteiger partial charge on any atom is -0.457 e. The quantitative estimate of drug-likeness (QED) is 0.632. The van der Waals surface area contributed by atoms with Crippen molar-refractivity contribution in [1.29, 1.82) is 0 Å².